The number of amides is 1. The number of ether oxygens (including phenoxy) is 1. The third-order valence-corrected chi connectivity index (χ3v) is 5.86. The molecule has 2 atom stereocenters. The first-order valence-electron chi connectivity index (χ1n) is 10.9. The number of halogens is 2. The van der Waals surface area contributed by atoms with Crippen molar-refractivity contribution in [3.8, 4) is 11.1 Å². The van der Waals surface area contributed by atoms with E-state index < -0.39 is 30.1 Å². The van der Waals surface area contributed by atoms with E-state index in [0.29, 0.717) is 17.1 Å². The van der Waals surface area contributed by atoms with Crippen molar-refractivity contribution >= 4 is 23.4 Å². The highest BCUT2D eigenvalue weighted by Gasteiger charge is 2.61. The molecule has 1 saturated carbocycles. The van der Waals surface area contributed by atoms with E-state index in [4.69, 9.17) is 4.74 Å². The van der Waals surface area contributed by atoms with E-state index in [0.717, 1.165) is 22.3 Å². The summed E-state index contributed by atoms with van der Waals surface area (Å²) < 4.78 is 31.4. The van der Waals surface area contributed by atoms with Crippen LogP contribution in [0.2, 0.25) is 0 Å². The van der Waals surface area contributed by atoms with E-state index in [9.17, 15) is 18.4 Å². The number of carbonyl (C=O) groups is 2. The molecule has 1 unspecified atom stereocenters. The Morgan fingerprint density at radius 2 is 1.85 bits per heavy atom. The predicted octanol–water partition coefficient (Wildman–Crippen LogP) is 5.61. The lowest BCUT2D eigenvalue weighted by Crippen LogP contribution is -2.19. The van der Waals surface area contributed by atoms with Crippen LogP contribution in [0, 0.1) is 12.8 Å². The molecule has 0 aliphatic heterocycles. The van der Waals surface area contributed by atoms with Gasteiger partial charge in [0.1, 0.15) is 11.7 Å². The van der Waals surface area contributed by atoms with Crippen LogP contribution in [0.15, 0.2) is 60.8 Å². The van der Waals surface area contributed by atoms with Crippen LogP contribution < -0.4 is 10.6 Å². The molecular weight excluding hydrogens is 440 g/mol. The first-order valence-corrected chi connectivity index (χ1v) is 10.9. The van der Waals surface area contributed by atoms with Crippen molar-refractivity contribution in [2.75, 3.05) is 17.7 Å². The summed E-state index contributed by atoms with van der Waals surface area (Å²) in [5, 5.41) is 5.79. The zero-order valence-electron chi connectivity index (χ0n) is 19.1. The standard InChI is InChI=1S/C26H25F2N3O3/c1-15-6-11-19(25(33)34-3)20(13-15)18-9-7-17(8-10-18)16(2)30-23-22(5-4-12-29-23)31-24(32)21-14-26(21,27)28/h4-13,16,21H,14H2,1-3H3,(H,29,30)(H,31,32)/t16-,21?/m1/s1. The Bertz CT molecular complexity index is 1230. The summed E-state index contributed by atoms with van der Waals surface area (Å²) in [4.78, 5) is 28.6. The minimum absolute atomic E-state index is 0.195. The topological polar surface area (TPSA) is 80.3 Å². The third-order valence-electron chi connectivity index (χ3n) is 5.86. The fourth-order valence-corrected chi connectivity index (χ4v) is 3.76. The summed E-state index contributed by atoms with van der Waals surface area (Å²) in [6.45, 7) is 3.88. The fourth-order valence-electron chi connectivity index (χ4n) is 3.76. The smallest absolute Gasteiger partial charge is 0.338 e. The Morgan fingerprint density at radius 3 is 2.50 bits per heavy atom. The van der Waals surface area contributed by atoms with Crippen LogP contribution in [-0.4, -0.2) is 29.9 Å². The Labute approximate surface area is 196 Å². The SMILES string of the molecule is COC(=O)c1ccc(C)cc1-c1ccc([C@@H](C)Nc2ncccc2NC(=O)C2CC2(F)F)cc1. The molecule has 0 bridgehead atoms. The second-order valence-corrected chi connectivity index (χ2v) is 8.44. The number of rotatable bonds is 7. The summed E-state index contributed by atoms with van der Waals surface area (Å²) >= 11 is 0. The van der Waals surface area contributed by atoms with Gasteiger partial charge in [0.2, 0.25) is 5.91 Å². The second-order valence-electron chi connectivity index (χ2n) is 8.44. The molecule has 6 nitrogen and oxygen atoms in total. The Kier molecular flexibility index (Phi) is 6.32. The molecule has 2 aromatic carbocycles. The number of carbonyl (C=O) groups excluding carboxylic acids is 2. The highest BCUT2D eigenvalue weighted by Crippen LogP contribution is 2.49. The number of pyridine rings is 1. The average Bonchev–Trinajstić information content (AvgIpc) is 3.48. The number of aryl methyl sites for hydroxylation is 1. The molecule has 34 heavy (non-hydrogen) atoms. The first kappa shape index (κ1) is 23.4. The van der Waals surface area contributed by atoms with Crippen LogP contribution in [-0.2, 0) is 9.53 Å². The monoisotopic (exact) mass is 465 g/mol. The second kappa shape index (κ2) is 9.21. The maximum Gasteiger partial charge on any atom is 0.338 e. The summed E-state index contributed by atoms with van der Waals surface area (Å²) in [7, 11) is 1.35. The molecule has 0 spiro atoms. The molecule has 2 N–H and O–H groups in total. The van der Waals surface area contributed by atoms with Crippen molar-refractivity contribution in [3.05, 3.63) is 77.5 Å². The lowest BCUT2D eigenvalue weighted by Gasteiger charge is -2.18. The number of methoxy groups -OCH3 is 1. The zero-order valence-corrected chi connectivity index (χ0v) is 19.1. The Hall–Kier alpha value is -3.81. The van der Waals surface area contributed by atoms with Crippen LogP contribution in [0.1, 0.15) is 40.9 Å². The lowest BCUT2D eigenvalue weighted by atomic mass is 9.96. The predicted molar refractivity (Wildman–Crippen MR) is 126 cm³/mol. The van der Waals surface area contributed by atoms with Gasteiger partial charge >= 0.3 is 5.97 Å². The lowest BCUT2D eigenvalue weighted by molar-refractivity contribution is -0.119. The van der Waals surface area contributed by atoms with E-state index in [1.54, 1.807) is 24.4 Å². The van der Waals surface area contributed by atoms with Gasteiger partial charge in [-0.2, -0.15) is 0 Å². The number of alkyl halides is 2. The third kappa shape index (κ3) is 4.90. The average molecular weight is 466 g/mol. The highest BCUT2D eigenvalue weighted by atomic mass is 19.3. The molecule has 1 heterocycles. The molecule has 4 rings (SSSR count). The number of hydrogen-bond acceptors (Lipinski definition) is 5. The summed E-state index contributed by atoms with van der Waals surface area (Å²) in [5.74, 6) is -4.94. The van der Waals surface area contributed by atoms with E-state index in [1.807, 2.05) is 50.2 Å². The molecule has 3 aromatic rings. The van der Waals surface area contributed by atoms with Crippen LogP contribution in [0.5, 0.6) is 0 Å². The van der Waals surface area contributed by atoms with Crippen molar-refractivity contribution in [2.24, 2.45) is 5.92 Å². The van der Waals surface area contributed by atoms with Gasteiger partial charge in [-0.1, -0.05) is 42.0 Å². The van der Waals surface area contributed by atoms with Crippen molar-refractivity contribution in [3.63, 3.8) is 0 Å². The van der Waals surface area contributed by atoms with Gasteiger partial charge in [0.05, 0.1) is 24.4 Å². The summed E-state index contributed by atoms with van der Waals surface area (Å²) in [5.41, 5.74) is 4.45. The number of nitrogens with one attached hydrogen (secondary N) is 2. The minimum atomic E-state index is -2.93. The number of aromatic nitrogens is 1. The van der Waals surface area contributed by atoms with E-state index >= 15 is 0 Å². The largest absolute Gasteiger partial charge is 0.465 e. The van der Waals surface area contributed by atoms with Crippen molar-refractivity contribution in [1.29, 1.82) is 0 Å². The van der Waals surface area contributed by atoms with E-state index in [-0.39, 0.29) is 6.04 Å². The Morgan fingerprint density at radius 1 is 1.15 bits per heavy atom. The van der Waals surface area contributed by atoms with Gasteiger partial charge in [0.15, 0.2) is 0 Å². The van der Waals surface area contributed by atoms with Gasteiger partial charge in [-0.05, 0) is 48.7 Å². The molecular formula is C26H25F2N3O3. The van der Waals surface area contributed by atoms with Crippen LogP contribution in [0.4, 0.5) is 20.3 Å². The molecule has 1 amide bonds. The van der Waals surface area contributed by atoms with Crippen molar-refractivity contribution in [2.45, 2.75) is 32.2 Å². The molecule has 176 valence electrons. The molecule has 8 heteroatoms. The number of anilines is 2. The van der Waals surface area contributed by atoms with Crippen LogP contribution in [0.3, 0.4) is 0 Å². The molecule has 1 aliphatic rings. The van der Waals surface area contributed by atoms with Gasteiger partial charge < -0.3 is 15.4 Å². The molecule has 1 aliphatic carbocycles. The van der Waals surface area contributed by atoms with Crippen molar-refractivity contribution < 1.29 is 23.1 Å². The normalized spacial score (nSPS) is 16.9. The summed E-state index contributed by atoms with van der Waals surface area (Å²) in [6, 6.07) is 16.3. The molecule has 0 radical (unpaired) electrons. The first-order chi connectivity index (χ1) is 16.2. The fraction of sp³-hybridized carbons (Fsp3) is 0.269. The van der Waals surface area contributed by atoms with E-state index in [2.05, 4.69) is 15.6 Å². The van der Waals surface area contributed by atoms with Gasteiger partial charge in [0.25, 0.3) is 5.92 Å². The molecule has 0 saturated heterocycles. The highest BCUT2D eigenvalue weighted by molar-refractivity contribution is 5.98. The number of esters is 1. The zero-order chi connectivity index (χ0) is 24.5. The molecule has 1 fully saturated rings. The number of nitrogens with zero attached hydrogens (tertiary/aromatic N) is 1. The van der Waals surface area contributed by atoms with Gasteiger partial charge in [-0.3, -0.25) is 4.79 Å². The van der Waals surface area contributed by atoms with E-state index in [1.165, 1.54) is 7.11 Å². The van der Waals surface area contributed by atoms with Crippen LogP contribution in [0.25, 0.3) is 11.1 Å². The molecule has 1 aromatic heterocycles. The number of benzene rings is 2. The maximum atomic E-state index is 13.2. The van der Waals surface area contributed by atoms with Crippen molar-refractivity contribution in [1.82, 2.24) is 4.98 Å². The van der Waals surface area contributed by atoms with Gasteiger partial charge in [0, 0.05) is 12.6 Å². The Balaban J connectivity index is 1.51. The number of hydrogen-bond donors (Lipinski definition) is 2. The van der Waals surface area contributed by atoms with Gasteiger partial charge in [-0.25, -0.2) is 18.6 Å². The van der Waals surface area contributed by atoms with Gasteiger partial charge in [-0.15, -0.1) is 0 Å². The maximum absolute atomic E-state index is 13.2. The quantitative estimate of drug-likeness (QED) is 0.444. The van der Waals surface area contributed by atoms with Crippen LogP contribution >= 0.6 is 0 Å². The minimum Gasteiger partial charge on any atom is -0.465 e. The summed E-state index contributed by atoms with van der Waals surface area (Å²) in [6.07, 6.45) is 1.13.